The summed E-state index contributed by atoms with van der Waals surface area (Å²) in [5, 5.41) is 9.02. The lowest BCUT2D eigenvalue weighted by atomic mass is 9.94. The minimum Gasteiger partial charge on any atom is -0.382 e. The number of rotatable bonds is 6. The van der Waals surface area contributed by atoms with Gasteiger partial charge in [0.15, 0.2) is 0 Å². The van der Waals surface area contributed by atoms with E-state index in [1.54, 1.807) is 0 Å². The third kappa shape index (κ3) is 7.61. The number of carbonyl (C=O) groups excluding carboxylic acids is 1. The summed E-state index contributed by atoms with van der Waals surface area (Å²) >= 11 is 0. The largest absolute Gasteiger partial charge is 0.382 e. The molecule has 0 radical (unpaired) electrons. The fourth-order valence-corrected chi connectivity index (χ4v) is 2.26. The number of nitrogens with one attached hydrogen (secondary N) is 1. The van der Waals surface area contributed by atoms with Crippen molar-refractivity contribution in [2.45, 2.75) is 33.3 Å². The fraction of sp³-hybridized carbons (Fsp3) is 0.889. The van der Waals surface area contributed by atoms with Gasteiger partial charge in [0.1, 0.15) is 6.10 Å². The summed E-state index contributed by atoms with van der Waals surface area (Å²) in [4.78, 5) is 10.5. The molecule has 96 valence electrons. The van der Waals surface area contributed by atoms with Gasteiger partial charge in [0.05, 0.1) is 5.75 Å². The summed E-state index contributed by atoms with van der Waals surface area (Å²) in [6, 6.07) is 0. The van der Waals surface area contributed by atoms with Crippen LogP contribution in [0, 0.1) is 5.41 Å². The summed E-state index contributed by atoms with van der Waals surface area (Å²) < 4.78 is 25.0. The smallest absolute Gasteiger partial charge is 0.247 e. The van der Waals surface area contributed by atoms with Crippen molar-refractivity contribution in [1.29, 1.82) is 0 Å². The molecule has 0 aromatic carbocycles. The summed E-state index contributed by atoms with van der Waals surface area (Å²) in [7, 11) is -3.46. The van der Waals surface area contributed by atoms with E-state index in [1.807, 2.05) is 20.8 Å². The van der Waals surface area contributed by atoms with Crippen LogP contribution >= 0.6 is 0 Å². The molecule has 0 aliphatic carbocycles. The number of aliphatic hydroxyl groups excluding tert-OH is 1. The van der Waals surface area contributed by atoms with Gasteiger partial charge in [-0.05, 0) is 11.8 Å². The van der Waals surface area contributed by atoms with Crippen LogP contribution in [0.2, 0.25) is 0 Å². The predicted molar refractivity (Wildman–Crippen MR) is 61.1 cm³/mol. The second kappa shape index (κ2) is 5.60. The first kappa shape index (κ1) is 15.3. The third-order valence-electron chi connectivity index (χ3n) is 1.95. The highest BCUT2D eigenvalue weighted by Crippen LogP contribution is 2.18. The Hall–Kier alpha value is -0.660. The van der Waals surface area contributed by atoms with Gasteiger partial charge in [-0.1, -0.05) is 20.8 Å². The Kier molecular flexibility index (Phi) is 5.37. The SMILES string of the molecule is CC(C)(C)CCS(=O)(=O)NCC(O)C(N)=O. The highest BCUT2D eigenvalue weighted by atomic mass is 32.2. The molecule has 4 N–H and O–H groups in total. The maximum absolute atomic E-state index is 11.4. The van der Waals surface area contributed by atoms with Crippen LogP contribution in [0.15, 0.2) is 0 Å². The van der Waals surface area contributed by atoms with E-state index < -0.39 is 22.0 Å². The van der Waals surface area contributed by atoms with Gasteiger partial charge >= 0.3 is 0 Å². The van der Waals surface area contributed by atoms with Crippen LogP contribution in [-0.4, -0.2) is 37.8 Å². The van der Waals surface area contributed by atoms with Gasteiger partial charge in [-0.2, -0.15) is 0 Å². The normalized spacial score (nSPS) is 14.8. The molecule has 0 aliphatic heterocycles. The molecule has 0 saturated heterocycles. The minimum atomic E-state index is -3.46. The van der Waals surface area contributed by atoms with Crippen LogP contribution in [0.5, 0.6) is 0 Å². The number of aliphatic hydroxyl groups is 1. The topological polar surface area (TPSA) is 109 Å². The van der Waals surface area contributed by atoms with Crippen LogP contribution in [-0.2, 0) is 14.8 Å². The van der Waals surface area contributed by atoms with E-state index in [0.717, 1.165) is 0 Å². The number of carbonyl (C=O) groups is 1. The molecule has 1 atom stereocenters. The Morgan fingerprint density at radius 1 is 1.44 bits per heavy atom. The molecule has 7 heteroatoms. The van der Waals surface area contributed by atoms with Crippen molar-refractivity contribution in [1.82, 2.24) is 4.72 Å². The number of nitrogens with two attached hydrogens (primary N) is 1. The number of primary amides is 1. The molecule has 6 nitrogen and oxygen atoms in total. The van der Waals surface area contributed by atoms with Crippen LogP contribution in [0.25, 0.3) is 0 Å². The molecule has 0 saturated carbocycles. The summed E-state index contributed by atoms with van der Waals surface area (Å²) in [5.41, 5.74) is 4.70. The van der Waals surface area contributed by atoms with Gasteiger partial charge < -0.3 is 10.8 Å². The molecule has 0 aliphatic rings. The molecule has 0 aromatic rings. The van der Waals surface area contributed by atoms with E-state index in [1.165, 1.54) is 0 Å². The van der Waals surface area contributed by atoms with E-state index in [9.17, 15) is 13.2 Å². The first-order valence-corrected chi connectivity index (χ1v) is 6.63. The predicted octanol–water partition coefficient (Wildman–Crippen LogP) is -0.812. The van der Waals surface area contributed by atoms with Crippen molar-refractivity contribution in [2.24, 2.45) is 11.1 Å². The molecule has 1 unspecified atom stereocenters. The van der Waals surface area contributed by atoms with Gasteiger partial charge in [-0.15, -0.1) is 0 Å². The Labute approximate surface area is 96.3 Å². The molecular weight excluding hydrogens is 232 g/mol. The quantitative estimate of drug-likeness (QED) is 0.574. The first-order chi connectivity index (χ1) is 7.03. The zero-order chi connectivity index (χ0) is 13.0. The lowest BCUT2D eigenvalue weighted by Gasteiger charge is -2.18. The van der Waals surface area contributed by atoms with Crippen molar-refractivity contribution in [2.75, 3.05) is 12.3 Å². The standard InChI is InChI=1S/C9H20N2O4S/c1-9(2,3)4-5-16(14,15)11-6-7(12)8(10)13/h7,11-12H,4-6H2,1-3H3,(H2,10,13). The van der Waals surface area contributed by atoms with Crippen LogP contribution in [0.1, 0.15) is 27.2 Å². The number of hydrogen-bond acceptors (Lipinski definition) is 4. The molecule has 0 spiro atoms. The number of hydrogen-bond donors (Lipinski definition) is 3. The van der Waals surface area contributed by atoms with E-state index in [4.69, 9.17) is 10.8 Å². The fourth-order valence-electron chi connectivity index (χ4n) is 0.819. The van der Waals surface area contributed by atoms with Gasteiger partial charge in [0.2, 0.25) is 15.9 Å². The Balaban J connectivity index is 4.12. The van der Waals surface area contributed by atoms with Gasteiger partial charge in [0.25, 0.3) is 0 Å². The average Bonchev–Trinajstić information content (AvgIpc) is 2.10. The molecule has 1 amide bonds. The Morgan fingerprint density at radius 3 is 2.31 bits per heavy atom. The van der Waals surface area contributed by atoms with E-state index in [0.29, 0.717) is 6.42 Å². The van der Waals surface area contributed by atoms with Crippen LogP contribution in [0.3, 0.4) is 0 Å². The molecule has 0 heterocycles. The zero-order valence-electron chi connectivity index (χ0n) is 9.86. The zero-order valence-corrected chi connectivity index (χ0v) is 10.7. The van der Waals surface area contributed by atoms with Crippen molar-refractivity contribution in [3.63, 3.8) is 0 Å². The van der Waals surface area contributed by atoms with Crippen molar-refractivity contribution in [3.05, 3.63) is 0 Å². The third-order valence-corrected chi connectivity index (χ3v) is 3.29. The van der Waals surface area contributed by atoms with E-state index >= 15 is 0 Å². The monoisotopic (exact) mass is 252 g/mol. The molecule has 0 rings (SSSR count). The summed E-state index contributed by atoms with van der Waals surface area (Å²) in [6.07, 6.45) is -0.987. The van der Waals surface area contributed by atoms with Crippen molar-refractivity contribution < 1.29 is 18.3 Å². The second-order valence-electron chi connectivity index (χ2n) is 4.90. The van der Waals surface area contributed by atoms with Crippen LogP contribution < -0.4 is 10.5 Å². The maximum Gasteiger partial charge on any atom is 0.247 e. The maximum atomic E-state index is 11.4. The molecule has 0 fully saturated rings. The Bertz CT molecular complexity index is 332. The van der Waals surface area contributed by atoms with Crippen molar-refractivity contribution >= 4 is 15.9 Å². The van der Waals surface area contributed by atoms with Gasteiger partial charge in [-0.25, -0.2) is 13.1 Å². The highest BCUT2D eigenvalue weighted by Gasteiger charge is 2.19. The minimum absolute atomic E-state index is 0.0397. The van der Waals surface area contributed by atoms with Crippen molar-refractivity contribution in [3.8, 4) is 0 Å². The number of sulfonamides is 1. The molecular formula is C9H20N2O4S. The molecule has 16 heavy (non-hydrogen) atoms. The molecule has 0 bridgehead atoms. The Morgan fingerprint density at radius 2 is 1.94 bits per heavy atom. The lowest BCUT2D eigenvalue weighted by molar-refractivity contribution is -0.125. The summed E-state index contributed by atoms with van der Waals surface area (Å²) in [6.45, 7) is 5.42. The highest BCUT2D eigenvalue weighted by molar-refractivity contribution is 7.89. The van der Waals surface area contributed by atoms with E-state index in [-0.39, 0.29) is 17.7 Å². The summed E-state index contributed by atoms with van der Waals surface area (Å²) in [5.74, 6) is -0.986. The average molecular weight is 252 g/mol. The number of amides is 1. The van der Waals surface area contributed by atoms with E-state index in [2.05, 4.69) is 4.72 Å². The van der Waals surface area contributed by atoms with Crippen LogP contribution in [0.4, 0.5) is 0 Å². The first-order valence-electron chi connectivity index (χ1n) is 4.98. The lowest BCUT2D eigenvalue weighted by Crippen LogP contribution is -2.41. The van der Waals surface area contributed by atoms with Gasteiger partial charge in [0, 0.05) is 6.54 Å². The molecule has 0 aromatic heterocycles. The second-order valence-corrected chi connectivity index (χ2v) is 6.82. The van der Waals surface area contributed by atoms with Gasteiger partial charge in [-0.3, -0.25) is 4.79 Å².